The average molecular weight is 418 g/mol. The van der Waals surface area contributed by atoms with Gasteiger partial charge in [0, 0.05) is 23.6 Å². The van der Waals surface area contributed by atoms with E-state index in [2.05, 4.69) is 15.0 Å². The van der Waals surface area contributed by atoms with Crippen molar-refractivity contribution in [1.82, 2.24) is 4.98 Å². The molecule has 3 rings (SSSR count). The molecule has 0 fully saturated rings. The fourth-order valence-electron chi connectivity index (χ4n) is 2.42. The second-order valence-electron chi connectivity index (χ2n) is 5.64. The zero-order valence-corrected chi connectivity index (χ0v) is 16.3. The molecule has 0 aliphatic rings. The minimum atomic E-state index is -4.06. The number of ether oxygens (including phenoxy) is 1. The third-order valence-electron chi connectivity index (χ3n) is 3.77. The van der Waals surface area contributed by atoms with E-state index in [1.165, 1.54) is 37.7 Å². The third kappa shape index (κ3) is 4.41. The summed E-state index contributed by atoms with van der Waals surface area (Å²) >= 11 is 6.10. The molecule has 9 heteroatoms. The van der Waals surface area contributed by atoms with E-state index in [4.69, 9.17) is 16.3 Å². The van der Waals surface area contributed by atoms with Crippen molar-refractivity contribution < 1.29 is 17.9 Å². The van der Waals surface area contributed by atoms with Crippen molar-refractivity contribution in [3.63, 3.8) is 0 Å². The number of sulfonamides is 1. The van der Waals surface area contributed by atoms with Crippen LogP contribution in [0.4, 0.5) is 11.4 Å². The lowest BCUT2D eigenvalue weighted by molar-refractivity contribution is 0.102. The summed E-state index contributed by atoms with van der Waals surface area (Å²) in [5, 5.41) is 2.66. The molecule has 2 N–H and O–H groups in total. The van der Waals surface area contributed by atoms with E-state index in [0.29, 0.717) is 11.4 Å². The van der Waals surface area contributed by atoms with Gasteiger partial charge in [-0.25, -0.2) is 8.42 Å². The predicted molar refractivity (Wildman–Crippen MR) is 107 cm³/mol. The number of rotatable bonds is 6. The molecular weight excluding hydrogens is 402 g/mol. The van der Waals surface area contributed by atoms with Crippen LogP contribution in [0.2, 0.25) is 5.02 Å². The van der Waals surface area contributed by atoms with Crippen molar-refractivity contribution in [2.45, 2.75) is 4.90 Å². The Bertz CT molecular complexity index is 1110. The highest BCUT2D eigenvalue weighted by Crippen LogP contribution is 2.29. The number of methoxy groups -OCH3 is 1. The molecule has 0 radical (unpaired) electrons. The van der Waals surface area contributed by atoms with Crippen molar-refractivity contribution >= 4 is 38.9 Å². The Morgan fingerprint density at radius 1 is 1.07 bits per heavy atom. The van der Waals surface area contributed by atoms with Gasteiger partial charge in [0.25, 0.3) is 15.9 Å². The molecule has 0 aliphatic heterocycles. The Morgan fingerprint density at radius 3 is 2.50 bits per heavy atom. The highest BCUT2D eigenvalue weighted by molar-refractivity contribution is 7.92. The summed E-state index contributed by atoms with van der Waals surface area (Å²) in [6, 6.07) is 13.8. The van der Waals surface area contributed by atoms with Crippen LogP contribution in [0.3, 0.4) is 0 Å². The molecule has 0 aliphatic carbocycles. The maximum Gasteiger partial charge on any atom is 0.263 e. The van der Waals surface area contributed by atoms with Crippen molar-refractivity contribution in [3.8, 4) is 5.75 Å². The largest absolute Gasteiger partial charge is 0.495 e. The van der Waals surface area contributed by atoms with Crippen molar-refractivity contribution in [3.05, 3.63) is 77.6 Å². The molecule has 0 unspecified atom stereocenters. The summed E-state index contributed by atoms with van der Waals surface area (Å²) in [6.45, 7) is 0. The van der Waals surface area contributed by atoms with E-state index < -0.39 is 15.9 Å². The van der Waals surface area contributed by atoms with E-state index in [1.54, 1.807) is 36.4 Å². The molecule has 3 aromatic rings. The number of aromatic nitrogens is 1. The molecule has 1 aromatic heterocycles. The van der Waals surface area contributed by atoms with Crippen LogP contribution < -0.4 is 14.8 Å². The lowest BCUT2D eigenvalue weighted by Crippen LogP contribution is -2.17. The molecule has 0 saturated carbocycles. The second kappa shape index (κ2) is 8.28. The van der Waals surface area contributed by atoms with Gasteiger partial charge in [0.2, 0.25) is 0 Å². The highest BCUT2D eigenvalue weighted by Gasteiger charge is 2.21. The smallest absolute Gasteiger partial charge is 0.263 e. The van der Waals surface area contributed by atoms with Crippen molar-refractivity contribution in [1.29, 1.82) is 0 Å². The van der Waals surface area contributed by atoms with Crippen molar-refractivity contribution in [2.24, 2.45) is 0 Å². The Labute approximate surface area is 167 Å². The first-order chi connectivity index (χ1) is 13.4. The van der Waals surface area contributed by atoms with E-state index >= 15 is 0 Å². The van der Waals surface area contributed by atoms with Crippen LogP contribution in [-0.4, -0.2) is 26.4 Å². The summed E-state index contributed by atoms with van der Waals surface area (Å²) < 4.78 is 33.3. The first-order valence-electron chi connectivity index (χ1n) is 8.07. The predicted octanol–water partition coefficient (Wildman–Crippen LogP) is 3.80. The fraction of sp³-hybridized carbons (Fsp3) is 0.0526. The van der Waals surface area contributed by atoms with Gasteiger partial charge < -0.3 is 10.1 Å². The van der Waals surface area contributed by atoms with Gasteiger partial charge in [0.05, 0.1) is 17.8 Å². The Kier molecular flexibility index (Phi) is 5.81. The van der Waals surface area contributed by atoms with Gasteiger partial charge in [-0.2, -0.15) is 0 Å². The fourth-order valence-corrected chi connectivity index (χ4v) is 4.01. The van der Waals surface area contributed by atoms with Gasteiger partial charge in [-0.15, -0.1) is 0 Å². The van der Waals surface area contributed by atoms with Crippen LogP contribution >= 0.6 is 11.6 Å². The summed E-state index contributed by atoms with van der Waals surface area (Å²) in [7, 11) is -2.62. The van der Waals surface area contributed by atoms with Crippen LogP contribution in [0, 0.1) is 0 Å². The first-order valence-corrected chi connectivity index (χ1v) is 9.93. The molecule has 0 atom stereocenters. The number of hydrogen-bond acceptors (Lipinski definition) is 5. The molecule has 1 amide bonds. The summed E-state index contributed by atoms with van der Waals surface area (Å²) in [5.41, 5.74) is 0.931. The topological polar surface area (TPSA) is 97.4 Å². The highest BCUT2D eigenvalue weighted by atomic mass is 35.5. The third-order valence-corrected chi connectivity index (χ3v) is 5.62. The Hall–Kier alpha value is -3.10. The minimum absolute atomic E-state index is 0.0112. The van der Waals surface area contributed by atoms with Gasteiger partial charge in [0.15, 0.2) is 0 Å². The maximum absolute atomic E-state index is 12.8. The molecule has 0 spiro atoms. The van der Waals surface area contributed by atoms with Crippen LogP contribution in [0.15, 0.2) is 71.9 Å². The molecule has 144 valence electrons. The van der Waals surface area contributed by atoms with Crippen LogP contribution in [-0.2, 0) is 10.0 Å². The van der Waals surface area contributed by atoms with Crippen LogP contribution in [0.5, 0.6) is 5.75 Å². The van der Waals surface area contributed by atoms with E-state index in [-0.39, 0.29) is 21.2 Å². The molecule has 0 bridgehead atoms. The van der Waals surface area contributed by atoms with Gasteiger partial charge in [-0.3, -0.25) is 14.5 Å². The molecule has 28 heavy (non-hydrogen) atoms. The number of para-hydroxylation sites is 2. The number of pyridine rings is 1. The number of nitrogens with one attached hydrogen (secondary N) is 2. The molecular formula is C19H16ClN3O4S. The molecule has 1 heterocycles. The van der Waals surface area contributed by atoms with E-state index in [9.17, 15) is 13.2 Å². The van der Waals surface area contributed by atoms with Gasteiger partial charge in [-0.1, -0.05) is 23.7 Å². The number of carbonyl (C=O) groups is 1. The normalized spacial score (nSPS) is 10.9. The lowest BCUT2D eigenvalue weighted by Gasteiger charge is -2.13. The Balaban J connectivity index is 1.91. The van der Waals surface area contributed by atoms with E-state index in [1.807, 2.05) is 0 Å². The SMILES string of the molecule is COc1ccccc1NS(=O)(=O)c1cc(C(=O)Nc2ccncc2)ccc1Cl. The number of anilines is 2. The number of hydrogen-bond donors (Lipinski definition) is 2. The second-order valence-corrected chi connectivity index (χ2v) is 7.70. The zero-order chi connectivity index (χ0) is 20.1. The average Bonchev–Trinajstić information content (AvgIpc) is 2.69. The standard InChI is InChI=1S/C19H16ClN3O4S/c1-27-17-5-3-2-4-16(17)23-28(25,26)18-12-13(6-7-15(18)20)19(24)22-14-8-10-21-11-9-14/h2-12,23H,1H3,(H,21,22,24). The maximum atomic E-state index is 12.8. The molecule has 0 saturated heterocycles. The first kappa shape index (κ1) is 19.7. The molecule has 2 aromatic carbocycles. The monoisotopic (exact) mass is 417 g/mol. The number of nitrogens with zero attached hydrogens (tertiary/aromatic N) is 1. The lowest BCUT2D eigenvalue weighted by atomic mass is 10.2. The number of halogens is 1. The quantitative estimate of drug-likeness (QED) is 0.635. The summed E-state index contributed by atoms with van der Waals surface area (Å²) in [6.07, 6.45) is 3.06. The van der Waals surface area contributed by atoms with Crippen molar-refractivity contribution in [2.75, 3.05) is 17.1 Å². The Morgan fingerprint density at radius 2 is 1.79 bits per heavy atom. The minimum Gasteiger partial charge on any atom is -0.495 e. The summed E-state index contributed by atoms with van der Waals surface area (Å²) in [4.78, 5) is 16.1. The van der Waals surface area contributed by atoms with Gasteiger partial charge in [0.1, 0.15) is 10.6 Å². The number of benzene rings is 2. The van der Waals surface area contributed by atoms with Crippen LogP contribution in [0.25, 0.3) is 0 Å². The van der Waals surface area contributed by atoms with E-state index in [0.717, 1.165) is 0 Å². The zero-order valence-electron chi connectivity index (χ0n) is 14.7. The van der Waals surface area contributed by atoms with Crippen LogP contribution in [0.1, 0.15) is 10.4 Å². The number of carbonyl (C=O) groups excluding carboxylic acids is 1. The number of amides is 1. The van der Waals surface area contributed by atoms with Gasteiger partial charge >= 0.3 is 0 Å². The summed E-state index contributed by atoms with van der Waals surface area (Å²) in [5.74, 6) is -0.120. The van der Waals surface area contributed by atoms with Gasteiger partial charge in [-0.05, 0) is 42.5 Å². The molecule has 7 nitrogen and oxygen atoms in total.